The molecule has 0 radical (unpaired) electrons. The van der Waals surface area contributed by atoms with Gasteiger partial charge >= 0.3 is 5.69 Å². The van der Waals surface area contributed by atoms with Crippen LogP contribution in [-0.2, 0) is 0 Å². The molecular weight excluding hydrogens is 274 g/mol. The molecule has 0 spiro atoms. The Labute approximate surface area is 110 Å². The summed E-state index contributed by atoms with van der Waals surface area (Å²) < 4.78 is 31.9. The molecule has 1 aromatic carbocycles. The molecule has 7 nitrogen and oxygen atoms in total. The third-order valence-electron chi connectivity index (χ3n) is 2.18. The van der Waals surface area contributed by atoms with Crippen LogP contribution in [0.15, 0.2) is 24.5 Å². The molecule has 0 bridgehead atoms. The van der Waals surface area contributed by atoms with E-state index in [-0.39, 0.29) is 11.6 Å². The summed E-state index contributed by atoms with van der Waals surface area (Å²) >= 11 is 0. The summed E-state index contributed by atoms with van der Waals surface area (Å²) in [6.07, 6.45) is 2.41. The van der Waals surface area contributed by atoms with Crippen LogP contribution in [-0.4, -0.2) is 14.9 Å². The van der Waals surface area contributed by atoms with Crippen molar-refractivity contribution in [1.82, 2.24) is 9.97 Å². The van der Waals surface area contributed by atoms with Crippen molar-refractivity contribution in [1.29, 1.82) is 5.26 Å². The minimum Gasteiger partial charge on any atom is -0.433 e. The lowest BCUT2D eigenvalue weighted by Gasteiger charge is -2.06. The maximum Gasteiger partial charge on any atom is 0.307 e. The van der Waals surface area contributed by atoms with Gasteiger partial charge in [0, 0.05) is 18.5 Å². The van der Waals surface area contributed by atoms with E-state index in [9.17, 15) is 18.9 Å². The van der Waals surface area contributed by atoms with E-state index in [0.717, 1.165) is 0 Å². The molecule has 0 aliphatic carbocycles. The molecule has 0 unspecified atom stereocenters. The topological polar surface area (TPSA) is 102 Å². The lowest BCUT2D eigenvalue weighted by atomic mass is 10.3. The van der Waals surface area contributed by atoms with E-state index in [4.69, 9.17) is 10.00 Å². The van der Waals surface area contributed by atoms with Crippen molar-refractivity contribution in [2.75, 3.05) is 0 Å². The lowest BCUT2D eigenvalue weighted by molar-refractivity contribution is -0.387. The van der Waals surface area contributed by atoms with Crippen LogP contribution in [0.2, 0.25) is 0 Å². The third kappa shape index (κ3) is 2.49. The number of nitro benzene ring substituents is 1. The first-order valence-corrected chi connectivity index (χ1v) is 5.05. The number of hydrogen-bond acceptors (Lipinski definition) is 6. The summed E-state index contributed by atoms with van der Waals surface area (Å²) in [5, 5.41) is 19.2. The fourth-order valence-electron chi connectivity index (χ4n) is 1.32. The monoisotopic (exact) mass is 278 g/mol. The molecule has 0 atom stereocenters. The first-order chi connectivity index (χ1) is 9.52. The maximum absolute atomic E-state index is 13.6. The van der Waals surface area contributed by atoms with Gasteiger partial charge in [-0.1, -0.05) is 0 Å². The van der Waals surface area contributed by atoms with Crippen LogP contribution in [0, 0.1) is 33.1 Å². The molecule has 0 aliphatic heterocycles. The summed E-state index contributed by atoms with van der Waals surface area (Å²) in [5.74, 6) is -3.39. The number of nitro groups is 1. The highest BCUT2D eigenvalue weighted by molar-refractivity contribution is 5.42. The number of nitriles is 1. The van der Waals surface area contributed by atoms with E-state index in [1.54, 1.807) is 6.07 Å². The van der Waals surface area contributed by atoms with Gasteiger partial charge in [-0.3, -0.25) is 10.1 Å². The Kier molecular flexibility index (Phi) is 3.47. The molecule has 2 aromatic rings. The van der Waals surface area contributed by atoms with Crippen molar-refractivity contribution < 1.29 is 18.4 Å². The molecule has 0 aliphatic rings. The summed E-state index contributed by atoms with van der Waals surface area (Å²) in [6, 6.07) is 2.54. The first-order valence-electron chi connectivity index (χ1n) is 5.05. The second-order valence-corrected chi connectivity index (χ2v) is 3.42. The molecule has 1 heterocycles. The highest BCUT2D eigenvalue weighted by Crippen LogP contribution is 2.29. The molecule has 1 aromatic heterocycles. The van der Waals surface area contributed by atoms with E-state index in [1.807, 2.05) is 0 Å². The Morgan fingerprint density at radius 3 is 2.60 bits per heavy atom. The van der Waals surface area contributed by atoms with E-state index < -0.39 is 28.0 Å². The standard InChI is InChI=1S/C11H4F2N4O3/c12-6-4-10(7(13)3-9(6)17(18)19)20-11-8(5-14)15-1-2-16-11/h1-4H. The minimum atomic E-state index is -1.27. The Morgan fingerprint density at radius 1 is 1.25 bits per heavy atom. The molecule has 20 heavy (non-hydrogen) atoms. The van der Waals surface area contributed by atoms with E-state index >= 15 is 0 Å². The van der Waals surface area contributed by atoms with Gasteiger partial charge in [-0.25, -0.2) is 14.4 Å². The van der Waals surface area contributed by atoms with Gasteiger partial charge in [-0.05, 0) is 0 Å². The molecule has 0 N–H and O–H groups in total. The Balaban J connectivity index is 2.43. The van der Waals surface area contributed by atoms with Gasteiger partial charge in [-0.2, -0.15) is 9.65 Å². The van der Waals surface area contributed by atoms with Crippen LogP contribution in [0.3, 0.4) is 0 Å². The van der Waals surface area contributed by atoms with Crippen molar-refractivity contribution in [2.45, 2.75) is 0 Å². The number of benzene rings is 1. The van der Waals surface area contributed by atoms with Gasteiger partial charge in [-0.15, -0.1) is 0 Å². The van der Waals surface area contributed by atoms with Gasteiger partial charge in [0.25, 0.3) is 5.88 Å². The smallest absolute Gasteiger partial charge is 0.307 e. The number of ether oxygens (including phenoxy) is 1. The number of aromatic nitrogens is 2. The zero-order chi connectivity index (χ0) is 14.7. The molecule has 0 amide bonds. The van der Waals surface area contributed by atoms with Gasteiger partial charge < -0.3 is 4.74 Å². The Morgan fingerprint density at radius 2 is 1.95 bits per heavy atom. The fraction of sp³-hybridized carbons (Fsp3) is 0. The van der Waals surface area contributed by atoms with Gasteiger partial charge in [0.15, 0.2) is 11.6 Å². The van der Waals surface area contributed by atoms with Crippen LogP contribution < -0.4 is 4.74 Å². The summed E-state index contributed by atoms with van der Waals surface area (Å²) in [7, 11) is 0. The lowest BCUT2D eigenvalue weighted by Crippen LogP contribution is -1.99. The van der Waals surface area contributed by atoms with Crippen LogP contribution in [0.5, 0.6) is 11.6 Å². The highest BCUT2D eigenvalue weighted by Gasteiger charge is 2.20. The SMILES string of the molecule is N#Cc1nccnc1Oc1cc(F)c([N+](=O)[O-])cc1F. The number of nitrogens with zero attached hydrogens (tertiary/aromatic N) is 4. The summed E-state index contributed by atoms with van der Waals surface area (Å²) in [4.78, 5) is 16.6. The van der Waals surface area contributed by atoms with E-state index in [1.165, 1.54) is 12.4 Å². The van der Waals surface area contributed by atoms with Gasteiger partial charge in [0.2, 0.25) is 11.5 Å². The Hall–Kier alpha value is -3.15. The molecule has 0 saturated heterocycles. The summed E-state index contributed by atoms with van der Waals surface area (Å²) in [6.45, 7) is 0. The van der Waals surface area contributed by atoms with Crippen molar-refractivity contribution in [3.63, 3.8) is 0 Å². The Bertz CT molecular complexity index is 730. The zero-order valence-electron chi connectivity index (χ0n) is 9.58. The predicted octanol–water partition coefficient (Wildman–Crippen LogP) is 2.33. The van der Waals surface area contributed by atoms with Gasteiger partial charge in [0.05, 0.1) is 11.0 Å². The first kappa shape index (κ1) is 13.3. The van der Waals surface area contributed by atoms with E-state index in [0.29, 0.717) is 12.1 Å². The van der Waals surface area contributed by atoms with Crippen LogP contribution in [0.4, 0.5) is 14.5 Å². The third-order valence-corrected chi connectivity index (χ3v) is 2.18. The number of hydrogen-bond donors (Lipinski definition) is 0. The number of halogens is 2. The maximum atomic E-state index is 13.6. The molecule has 0 saturated carbocycles. The molecule has 100 valence electrons. The fourth-order valence-corrected chi connectivity index (χ4v) is 1.32. The average Bonchev–Trinajstić information content (AvgIpc) is 2.42. The average molecular weight is 278 g/mol. The molecule has 2 rings (SSSR count). The van der Waals surface area contributed by atoms with Crippen molar-refractivity contribution in [3.8, 4) is 17.7 Å². The second-order valence-electron chi connectivity index (χ2n) is 3.42. The normalized spacial score (nSPS) is 9.85. The van der Waals surface area contributed by atoms with Crippen molar-refractivity contribution in [2.24, 2.45) is 0 Å². The quantitative estimate of drug-likeness (QED) is 0.630. The predicted molar refractivity (Wildman–Crippen MR) is 59.8 cm³/mol. The minimum absolute atomic E-state index is 0.231. The highest BCUT2D eigenvalue weighted by atomic mass is 19.1. The molecular formula is C11H4F2N4O3. The van der Waals surface area contributed by atoms with Crippen molar-refractivity contribution >= 4 is 5.69 Å². The van der Waals surface area contributed by atoms with Crippen LogP contribution in [0.1, 0.15) is 5.69 Å². The number of rotatable bonds is 3. The molecule has 9 heteroatoms. The van der Waals surface area contributed by atoms with E-state index in [2.05, 4.69) is 9.97 Å². The van der Waals surface area contributed by atoms with Crippen LogP contribution >= 0.6 is 0 Å². The largest absolute Gasteiger partial charge is 0.433 e. The van der Waals surface area contributed by atoms with Crippen LogP contribution in [0.25, 0.3) is 0 Å². The van der Waals surface area contributed by atoms with Gasteiger partial charge in [0.1, 0.15) is 6.07 Å². The second kappa shape index (κ2) is 5.23. The van der Waals surface area contributed by atoms with Crippen molar-refractivity contribution in [3.05, 3.63) is 52.0 Å². The summed E-state index contributed by atoms with van der Waals surface area (Å²) in [5.41, 5.74) is -1.25. The zero-order valence-corrected chi connectivity index (χ0v) is 9.58. The molecule has 0 fully saturated rings.